The van der Waals surface area contributed by atoms with Crippen LogP contribution >= 0.6 is 22.9 Å². The van der Waals surface area contributed by atoms with Crippen LogP contribution in [0.1, 0.15) is 23.5 Å². The van der Waals surface area contributed by atoms with Gasteiger partial charge in [-0.2, -0.15) is 0 Å². The highest BCUT2D eigenvalue weighted by Crippen LogP contribution is 2.23. The van der Waals surface area contributed by atoms with E-state index in [1.165, 1.54) is 11.3 Å². The standard InChI is InChI=1S/C15H22ClN3O2S/c1-3-18(4-2)14(20)11-17-7-9-19(10-8-17)15(21)12-5-6-13(16)22-12/h5-6H,3-4,7-11H2,1-2H3. The van der Waals surface area contributed by atoms with E-state index in [0.717, 1.165) is 26.2 Å². The number of carbonyl (C=O) groups is 2. The fourth-order valence-electron chi connectivity index (χ4n) is 2.56. The number of hydrogen-bond donors (Lipinski definition) is 0. The summed E-state index contributed by atoms with van der Waals surface area (Å²) in [6, 6.07) is 3.52. The zero-order valence-corrected chi connectivity index (χ0v) is 14.6. The number of halogens is 1. The second-order valence-electron chi connectivity index (χ2n) is 5.24. The lowest BCUT2D eigenvalue weighted by molar-refractivity contribution is -0.132. The molecule has 1 saturated heterocycles. The largest absolute Gasteiger partial charge is 0.342 e. The zero-order chi connectivity index (χ0) is 16.1. The van der Waals surface area contributed by atoms with Crippen LogP contribution in [0, 0.1) is 0 Å². The number of thiophene rings is 1. The summed E-state index contributed by atoms with van der Waals surface area (Å²) in [7, 11) is 0. The third-order valence-corrected chi connectivity index (χ3v) is 5.14. The molecule has 2 heterocycles. The minimum Gasteiger partial charge on any atom is -0.342 e. The summed E-state index contributed by atoms with van der Waals surface area (Å²) in [5, 5.41) is 0. The average Bonchev–Trinajstić information content (AvgIpc) is 2.95. The number of likely N-dealkylation sites (N-methyl/N-ethyl adjacent to an activating group) is 1. The van der Waals surface area contributed by atoms with Crippen molar-refractivity contribution < 1.29 is 9.59 Å². The van der Waals surface area contributed by atoms with Crippen LogP contribution in [0.5, 0.6) is 0 Å². The van der Waals surface area contributed by atoms with E-state index in [4.69, 9.17) is 11.6 Å². The van der Waals surface area contributed by atoms with Crippen LogP contribution in [0.15, 0.2) is 12.1 Å². The molecule has 122 valence electrons. The maximum Gasteiger partial charge on any atom is 0.264 e. The summed E-state index contributed by atoms with van der Waals surface area (Å²) in [4.78, 5) is 30.9. The first kappa shape index (κ1) is 17.2. The van der Waals surface area contributed by atoms with Crippen molar-refractivity contribution in [3.05, 3.63) is 21.3 Å². The molecule has 1 aromatic rings. The normalized spacial score (nSPS) is 15.9. The molecule has 22 heavy (non-hydrogen) atoms. The second kappa shape index (κ2) is 7.94. The van der Waals surface area contributed by atoms with Crippen molar-refractivity contribution in [3.63, 3.8) is 0 Å². The molecule has 0 saturated carbocycles. The molecule has 7 heteroatoms. The predicted molar refractivity (Wildman–Crippen MR) is 89.6 cm³/mol. The van der Waals surface area contributed by atoms with E-state index < -0.39 is 0 Å². The van der Waals surface area contributed by atoms with Gasteiger partial charge in [0.1, 0.15) is 0 Å². The SMILES string of the molecule is CCN(CC)C(=O)CN1CCN(C(=O)c2ccc(Cl)s2)CC1. The number of nitrogens with zero attached hydrogens (tertiary/aromatic N) is 3. The number of amides is 2. The van der Waals surface area contributed by atoms with Crippen molar-refractivity contribution in [2.24, 2.45) is 0 Å². The van der Waals surface area contributed by atoms with Crippen molar-refractivity contribution in [1.82, 2.24) is 14.7 Å². The van der Waals surface area contributed by atoms with E-state index in [2.05, 4.69) is 4.90 Å². The molecular formula is C15H22ClN3O2S. The van der Waals surface area contributed by atoms with Gasteiger partial charge in [0, 0.05) is 39.3 Å². The van der Waals surface area contributed by atoms with Gasteiger partial charge >= 0.3 is 0 Å². The molecule has 2 rings (SSSR count). The minimum absolute atomic E-state index is 0.0339. The van der Waals surface area contributed by atoms with Gasteiger partial charge < -0.3 is 9.80 Å². The lowest BCUT2D eigenvalue weighted by Crippen LogP contribution is -2.51. The number of hydrogen-bond acceptors (Lipinski definition) is 4. The van der Waals surface area contributed by atoms with Crippen LogP contribution < -0.4 is 0 Å². The molecule has 1 aromatic heterocycles. The van der Waals surface area contributed by atoms with Gasteiger partial charge in [0.05, 0.1) is 15.8 Å². The average molecular weight is 344 g/mol. The Labute approximate surface area is 140 Å². The first-order valence-electron chi connectivity index (χ1n) is 7.59. The van der Waals surface area contributed by atoms with Crippen molar-refractivity contribution >= 4 is 34.8 Å². The molecule has 5 nitrogen and oxygen atoms in total. The van der Waals surface area contributed by atoms with Crippen LogP contribution in [0.3, 0.4) is 0 Å². The summed E-state index contributed by atoms with van der Waals surface area (Å²) in [5.74, 6) is 0.196. The highest BCUT2D eigenvalue weighted by molar-refractivity contribution is 7.17. The van der Waals surface area contributed by atoms with Crippen molar-refractivity contribution in [1.29, 1.82) is 0 Å². The van der Waals surface area contributed by atoms with E-state index in [9.17, 15) is 9.59 Å². The molecule has 0 unspecified atom stereocenters. The molecular weight excluding hydrogens is 322 g/mol. The van der Waals surface area contributed by atoms with Gasteiger partial charge in [-0.1, -0.05) is 11.6 Å². The maximum absolute atomic E-state index is 12.3. The Bertz CT molecular complexity index is 523. The number of piperazine rings is 1. The van der Waals surface area contributed by atoms with Crippen molar-refractivity contribution in [3.8, 4) is 0 Å². The highest BCUT2D eigenvalue weighted by Gasteiger charge is 2.24. The van der Waals surface area contributed by atoms with Gasteiger partial charge in [0.15, 0.2) is 0 Å². The molecule has 1 fully saturated rings. The molecule has 1 aliphatic heterocycles. The van der Waals surface area contributed by atoms with Gasteiger partial charge in [-0.3, -0.25) is 14.5 Å². The van der Waals surface area contributed by atoms with E-state index in [0.29, 0.717) is 28.8 Å². The molecule has 0 bridgehead atoms. The fraction of sp³-hybridized carbons (Fsp3) is 0.600. The van der Waals surface area contributed by atoms with E-state index >= 15 is 0 Å². The Morgan fingerprint density at radius 3 is 2.32 bits per heavy atom. The van der Waals surface area contributed by atoms with Gasteiger partial charge in [-0.25, -0.2) is 0 Å². The van der Waals surface area contributed by atoms with Crippen molar-refractivity contribution in [2.45, 2.75) is 13.8 Å². The lowest BCUT2D eigenvalue weighted by Gasteiger charge is -2.35. The Hall–Kier alpha value is -1.11. The molecule has 2 amide bonds. The quantitative estimate of drug-likeness (QED) is 0.821. The zero-order valence-electron chi connectivity index (χ0n) is 13.0. The van der Waals surface area contributed by atoms with Crippen LogP contribution in [0.4, 0.5) is 0 Å². The minimum atomic E-state index is 0.0339. The van der Waals surface area contributed by atoms with Gasteiger partial charge in [-0.05, 0) is 26.0 Å². The Morgan fingerprint density at radius 2 is 1.82 bits per heavy atom. The number of carbonyl (C=O) groups excluding carboxylic acids is 2. The molecule has 0 aliphatic carbocycles. The third-order valence-electron chi connectivity index (χ3n) is 3.92. The molecule has 1 aliphatic rings. The van der Waals surface area contributed by atoms with Gasteiger partial charge in [0.25, 0.3) is 5.91 Å². The lowest BCUT2D eigenvalue weighted by atomic mass is 10.3. The predicted octanol–water partition coefficient (Wildman–Crippen LogP) is 2.03. The Kier molecular flexibility index (Phi) is 6.23. The summed E-state index contributed by atoms with van der Waals surface area (Å²) in [5.41, 5.74) is 0. The van der Waals surface area contributed by atoms with Crippen LogP contribution in [0.25, 0.3) is 0 Å². The van der Waals surface area contributed by atoms with Crippen LogP contribution in [-0.4, -0.2) is 72.3 Å². The molecule has 0 aromatic carbocycles. The number of rotatable bonds is 5. The van der Waals surface area contributed by atoms with E-state index in [-0.39, 0.29) is 11.8 Å². The molecule has 0 atom stereocenters. The molecule has 0 spiro atoms. The smallest absolute Gasteiger partial charge is 0.264 e. The first-order chi connectivity index (χ1) is 10.5. The molecule has 0 N–H and O–H groups in total. The highest BCUT2D eigenvalue weighted by atomic mass is 35.5. The van der Waals surface area contributed by atoms with Gasteiger partial charge in [0.2, 0.25) is 5.91 Å². The van der Waals surface area contributed by atoms with E-state index in [1.807, 2.05) is 23.6 Å². The summed E-state index contributed by atoms with van der Waals surface area (Å²) in [6.45, 7) is 8.68. The monoisotopic (exact) mass is 343 g/mol. The fourth-order valence-corrected chi connectivity index (χ4v) is 3.57. The van der Waals surface area contributed by atoms with E-state index in [1.54, 1.807) is 12.1 Å². The summed E-state index contributed by atoms with van der Waals surface area (Å²) >= 11 is 7.19. The Morgan fingerprint density at radius 1 is 1.18 bits per heavy atom. The molecule has 0 radical (unpaired) electrons. The maximum atomic E-state index is 12.3. The topological polar surface area (TPSA) is 43.9 Å². The summed E-state index contributed by atoms with van der Waals surface area (Å²) in [6.07, 6.45) is 0. The van der Waals surface area contributed by atoms with Crippen molar-refractivity contribution in [2.75, 3.05) is 45.8 Å². The van der Waals surface area contributed by atoms with Crippen LogP contribution in [0.2, 0.25) is 4.34 Å². The Balaban J connectivity index is 1.83. The first-order valence-corrected chi connectivity index (χ1v) is 8.79. The summed E-state index contributed by atoms with van der Waals surface area (Å²) < 4.78 is 0.631. The second-order valence-corrected chi connectivity index (χ2v) is 6.95. The van der Waals surface area contributed by atoms with Gasteiger partial charge in [-0.15, -0.1) is 11.3 Å². The van der Waals surface area contributed by atoms with Crippen LogP contribution in [-0.2, 0) is 4.79 Å². The third kappa shape index (κ3) is 4.21.